The monoisotopic (exact) mass is 444 g/mol. The Morgan fingerprint density at radius 2 is 2.03 bits per heavy atom. The minimum absolute atomic E-state index is 0.309. The van der Waals surface area contributed by atoms with Gasteiger partial charge in [0.1, 0.15) is 11.4 Å². The number of aliphatic imine (C=N–C) groups is 1. The fourth-order valence-corrected chi connectivity index (χ4v) is 4.25. The van der Waals surface area contributed by atoms with E-state index in [1.165, 1.54) is 35.5 Å². The van der Waals surface area contributed by atoms with Crippen LogP contribution in [0.15, 0.2) is 42.2 Å². The Bertz CT molecular complexity index is 1180. The summed E-state index contributed by atoms with van der Waals surface area (Å²) in [5.74, 6) is 2.37. The third-order valence-electron chi connectivity index (χ3n) is 6.20. The molecule has 170 valence electrons. The molecule has 9 nitrogen and oxygen atoms in total. The van der Waals surface area contributed by atoms with E-state index in [4.69, 9.17) is 5.10 Å². The molecule has 1 amide bonds. The van der Waals surface area contributed by atoms with E-state index in [1.54, 1.807) is 17.8 Å². The molecule has 5 rings (SSSR count). The van der Waals surface area contributed by atoms with Gasteiger partial charge in [-0.05, 0) is 63.2 Å². The summed E-state index contributed by atoms with van der Waals surface area (Å²) in [6, 6.07) is 6.05. The number of hydrogen-bond donors (Lipinski definition) is 2. The van der Waals surface area contributed by atoms with Crippen molar-refractivity contribution in [3.63, 3.8) is 0 Å². The Labute approximate surface area is 192 Å². The van der Waals surface area contributed by atoms with E-state index >= 15 is 0 Å². The molecule has 9 heteroatoms. The van der Waals surface area contributed by atoms with Crippen LogP contribution in [0.25, 0.3) is 12.0 Å². The molecule has 0 aromatic carbocycles. The highest BCUT2D eigenvalue weighted by atomic mass is 16.1. The molecular weight excluding hydrogens is 416 g/mol. The molecule has 3 aromatic rings. The lowest BCUT2D eigenvalue weighted by Gasteiger charge is -2.20. The maximum Gasteiger partial charge on any atom is 0.262 e. The van der Waals surface area contributed by atoms with Crippen molar-refractivity contribution < 1.29 is 4.79 Å². The van der Waals surface area contributed by atoms with Crippen LogP contribution in [0.5, 0.6) is 0 Å². The molecule has 2 N–H and O–H groups in total. The van der Waals surface area contributed by atoms with Crippen LogP contribution in [0.3, 0.4) is 0 Å². The van der Waals surface area contributed by atoms with Crippen molar-refractivity contribution in [2.75, 3.05) is 18.4 Å². The second-order valence-electron chi connectivity index (χ2n) is 8.46. The van der Waals surface area contributed by atoms with Gasteiger partial charge in [0.25, 0.3) is 5.91 Å². The maximum absolute atomic E-state index is 13.2. The topological polar surface area (TPSA) is 102 Å². The van der Waals surface area contributed by atoms with Crippen LogP contribution >= 0.6 is 0 Å². The lowest BCUT2D eigenvalue weighted by molar-refractivity contribution is 0.102. The molecule has 33 heavy (non-hydrogen) atoms. The fourth-order valence-electron chi connectivity index (χ4n) is 4.25. The van der Waals surface area contributed by atoms with Crippen molar-refractivity contribution in [1.29, 1.82) is 0 Å². The zero-order valence-corrected chi connectivity index (χ0v) is 18.7. The lowest BCUT2D eigenvalue weighted by atomic mass is 9.95. The van der Waals surface area contributed by atoms with Gasteiger partial charge in [0.15, 0.2) is 11.6 Å². The largest absolute Gasteiger partial charge is 0.317 e. The smallest absolute Gasteiger partial charge is 0.262 e. The molecule has 1 aliphatic carbocycles. The fraction of sp³-hybridized carbons (Fsp3) is 0.375. The van der Waals surface area contributed by atoms with Gasteiger partial charge in [-0.15, -0.1) is 0 Å². The molecule has 3 aromatic heterocycles. The van der Waals surface area contributed by atoms with Crippen molar-refractivity contribution in [2.24, 2.45) is 4.99 Å². The van der Waals surface area contributed by atoms with Crippen LogP contribution in [0, 0.1) is 0 Å². The summed E-state index contributed by atoms with van der Waals surface area (Å²) in [5.41, 5.74) is 2.59. The third kappa shape index (κ3) is 4.36. The quantitative estimate of drug-likeness (QED) is 0.539. The van der Waals surface area contributed by atoms with Crippen molar-refractivity contribution in [1.82, 2.24) is 29.9 Å². The first kappa shape index (κ1) is 21.3. The van der Waals surface area contributed by atoms with E-state index in [0.29, 0.717) is 34.9 Å². The number of amides is 1. The number of nitrogens with one attached hydrogen (secondary N) is 2. The summed E-state index contributed by atoms with van der Waals surface area (Å²) in [7, 11) is 0. The lowest BCUT2D eigenvalue weighted by Crippen LogP contribution is -2.26. The molecule has 4 heterocycles. The van der Waals surface area contributed by atoms with Gasteiger partial charge in [-0.1, -0.05) is 12.6 Å². The summed E-state index contributed by atoms with van der Waals surface area (Å²) >= 11 is 0. The van der Waals surface area contributed by atoms with E-state index < -0.39 is 0 Å². The minimum atomic E-state index is -0.309. The molecule has 1 aliphatic heterocycles. The number of carbonyl (C=O) groups is 1. The van der Waals surface area contributed by atoms with Gasteiger partial charge in [0.05, 0.1) is 11.9 Å². The molecular formula is C24H28N8O. The summed E-state index contributed by atoms with van der Waals surface area (Å²) in [6.07, 6.45) is 11.0. The molecule has 0 atom stereocenters. The Balaban J connectivity index is 1.48. The summed E-state index contributed by atoms with van der Waals surface area (Å²) in [5, 5.41) is 15.5. The van der Waals surface area contributed by atoms with E-state index in [1.807, 2.05) is 18.3 Å². The van der Waals surface area contributed by atoms with Gasteiger partial charge in [0.2, 0.25) is 0 Å². The maximum atomic E-state index is 13.2. The van der Waals surface area contributed by atoms with Gasteiger partial charge < -0.3 is 10.6 Å². The summed E-state index contributed by atoms with van der Waals surface area (Å²) in [6.45, 7) is 7.45. The van der Waals surface area contributed by atoms with Gasteiger partial charge in [-0.25, -0.2) is 14.7 Å². The van der Waals surface area contributed by atoms with E-state index in [9.17, 15) is 4.79 Å². The SMILES string of the molecule is C=Cn1ncc(C(=O)Nc2cc(C3CCNCC3)nn2-c2ccc(C3CC3)cn2)c1/N=C\C. The average Bonchev–Trinajstić information content (AvgIpc) is 3.50. The summed E-state index contributed by atoms with van der Waals surface area (Å²) in [4.78, 5) is 22.2. The highest BCUT2D eigenvalue weighted by molar-refractivity contribution is 6.07. The number of hydrogen-bond acceptors (Lipinski definition) is 6. The first-order chi connectivity index (χ1) is 16.2. The first-order valence-corrected chi connectivity index (χ1v) is 11.4. The molecule has 0 spiro atoms. The summed E-state index contributed by atoms with van der Waals surface area (Å²) < 4.78 is 3.21. The van der Waals surface area contributed by atoms with Gasteiger partial charge >= 0.3 is 0 Å². The van der Waals surface area contributed by atoms with Crippen LogP contribution in [-0.4, -0.2) is 49.8 Å². The predicted molar refractivity (Wildman–Crippen MR) is 129 cm³/mol. The van der Waals surface area contributed by atoms with Gasteiger partial charge in [-0.3, -0.25) is 4.79 Å². The zero-order valence-electron chi connectivity index (χ0n) is 18.7. The zero-order chi connectivity index (χ0) is 22.8. The number of anilines is 1. The second kappa shape index (κ2) is 9.11. The third-order valence-corrected chi connectivity index (χ3v) is 6.20. The van der Waals surface area contributed by atoms with Gasteiger partial charge in [0, 0.05) is 30.6 Å². The number of aromatic nitrogens is 5. The molecule has 1 saturated carbocycles. The number of piperidine rings is 1. The standard InChI is InChI=1S/C24H28N8O/c1-3-26-23-19(15-28-31(23)4-2)24(33)29-22-13-20(17-9-11-25-12-10-17)30-32(22)21-8-7-18(14-27-21)16-5-6-16/h3-4,7-8,13-17,25H,2,5-6,9-12H2,1H3,(H,29,33)/b26-3-. The van der Waals surface area contributed by atoms with Crippen molar-refractivity contribution in [3.8, 4) is 5.82 Å². The Morgan fingerprint density at radius 1 is 1.21 bits per heavy atom. The van der Waals surface area contributed by atoms with Gasteiger partial charge in [-0.2, -0.15) is 14.9 Å². The molecule has 2 fully saturated rings. The minimum Gasteiger partial charge on any atom is -0.317 e. The first-order valence-electron chi connectivity index (χ1n) is 11.4. The Morgan fingerprint density at radius 3 is 2.70 bits per heavy atom. The van der Waals surface area contributed by atoms with Crippen LogP contribution < -0.4 is 10.6 Å². The van der Waals surface area contributed by atoms with Crippen molar-refractivity contribution in [2.45, 2.75) is 44.4 Å². The highest BCUT2D eigenvalue weighted by Gasteiger charge is 2.25. The van der Waals surface area contributed by atoms with Crippen LogP contribution in [0.2, 0.25) is 0 Å². The normalized spacial score (nSPS) is 16.9. The molecule has 0 unspecified atom stereocenters. The number of rotatable bonds is 7. The van der Waals surface area contributed by atoms with E-state index in [0.717, 1.165) is 31.6 Å². The van der Waals surface area contributed by atoms with E-state index in [2.05, 4.69) is 38.4 Å². The van der Waals surface area contributed by atoms with Crippen molar-refractivity contribution >= 4 is 30.0 Å². The number of carbonyl (C=O) groups excluding carboxylic acids is 1. The Hall–Kier alpha value is -3.59. The van der Waals surface area contributed by atoms with E-state index in [-0.39, 0.29) is 5.91 Å². The number of nitrogens with zero attached hydrogens (tertiary/aromatic N) is 6. The predicted octanol–water partition coefficient (Wildman–Crippen LogP) is 3.88. The Kier molecular flexibility index (Phi) is 5.87. The second-order valence-corrected chi connectivity index (χ2v) is 8.46. The molecule has 2 aliphatic rings. The van der Waals surface area contributed by atoms with Crippen LogP contribution in [0.1, 0.15) is 66.1 Å². The van der Waals surface area contributed by atoms with Crippen LogP contribution in [-0.2, 0) is 0 Å². The number of pyridine rings is 1. The molecule has 0 bridgehead atoms. The molecule has 0 radical (unpaired) electrons. The van der Waals surface area contributed by atoms with Crippen LogP contribution in [0.4, 0.5) is 11.6 Å². The highest BCUT2D eigenvalue weighted by Crippen LogP contribution is 2.39. The average molecular weight is 445 g/mol. The molecule has 1 saturated heterocycles. The van der Waals surface area contributed by atoms with Crippen molar-refractivity contribution in [3.05, 3.63) is 54.0 Å².